The van der Waals surface area contributed by atoms with Gasteiger partial charge in [0.05, 0.1) is 33.2 Å². The normalized spacial score (nSPS) is 13.7. The Bertz CT molecular complexity index is 1910. The van der Waals surface area contributed by atoms with Gasteiger partial charge in [-0.15, -0.1) is 0 Å². The fourth-order valence-electron chi connectivity index (χ4n) is 6.14. The van der Waals surface area contributed by atoms with E-state index in [9.17, 15) is 9.59 Å². The van der Waals surface area contributed by atoms with Crippen molar-refractivity contribution in [2.24, 2.45) is 5.73 Å². The first kappa shape index (κ1) is 29.2. The molecule has 44 heavy (non-hydrogen) atoms. The van der Waals surface area contributed by atoms with Crippen molar-refractivity contribution < 1.29 is 9.59 Å². The summed E-state index contributed by atoms with van der Waals surface area (Å²) in [4.78, 5) is 37.2. The van der Waals surface area contributed by atoms with E-state index in [0.717, 1.165) is 43.7 Å². The second kappa shape index (κ2) is 12.0. The van der Waals surface area contributed by atoms with Gasteiger partial charge in [0.15, 0.2) is 0 Å². The zero-order valence-electron chi connectivity index (χ0n) is 25.5. The number of benzene rings is 4. The van der Waals surface area contributed by atoms with E-state index in [2.05, 4.69) is 22.8 Å². The van der Waals surface area contributed by atoms with Crippen molar-refractivity contribution in [3.63, 3.8) is 0 Å². The van der Waals surface area contributed by atoms with Crippen LogP contribution in [0.2, 0.25) is 0 Å². The third-order valence-electron chi connectivity index (χ3n) is 8.46. The number of pyridine rings is 2. The molecule has 222 valence electrons. The largest absolute Gasteiger partial charge is 0.348 e. The summed E-state index contributed by atoms with van der Waals surface area (Å²) in [5.41, 5.74) is 12.8. The number of para-hydroxylation sites is 2. The molecule has 4 N–H and O–H groups in total. The molecule has 0 aliphatic rings. The lowest BCUT2D eigenvalue weighted by molar-refractivity contribution is 0.0909. The zero-order valence-corrected chi connectivity index (χ0v) is 25.5. The number of aryl methyl sites for hydroxylation is 2. The van der Waals surface area contributed by atoms with Crippen LogP contribution in [-0.4, -0.2) is 39.9 Å². The Morgan fingerprint density at radius 2 is 1.05 bits per heavy atom. The summed E-state index contributed by atoms with van der Waals surface area (Å²) < 4.78 is 0. The zero-order chi connectivity index (χ0) is 31.0. The number of hydrogen-bond acceptors (Lipinski definition) is 5. The van der Waals surface area contributed by atoms with Gasteiger partial charge in [-0.3, -0.25) is 9.59 Å². The summed E-state index contributed by atoms with van der Waals surface area (Å²) in [7, 11) is 0. The number of rotatable bonds is 8. The van der Waals surface area contributed by atoms with Crippen LogP contribution in [0.25, 0.3) is 43.6 Å². The van der Waals surface area contributed by atoms with Crippen LogP contribution >= 0.6 is 0 Å². The van der Waals surface area contributed by atoms with Crippen LogP contribution in [0, 0.1) is 13.8 Å². The first-order valence-corrected chi connectivity index (χ1v) is 15.2. The predicted molar refractivity (Wildman–Crippen MR) is 179 cm³/mol. The van der Waals surface area contributed by atoms with Crippen LogP contribution in [-0.2, 0) is 0 Å². The van der Waals surface area contributed by atoms with E-state index in [0.29, 0.717) is 35.0 Å². The molecule has 0 aliphatic carbocycles. The monoisotopic (exact) mass is 583 g/mol. The molecule has 7 heteroatoms. The lowest BCUT2D eigenvalue weighted by Crippen LogP contribution is -2.58. The number of aromatic nitrogens is 2. The van der Waals surface area contributed by atoms with Crippen molar-refractivity contribution in [3.8, 4) is 0 Å². The van der Waals surface area contributed by atoms with Gasteiger partial charge in [-0.1, -0.05) is 50.2 Å². The second-order valence-corrected chi connectivity index (χ2v) is 11.7. The molecular weight excluding hydrogens is 546 g/mol. The van der Waals surface area contributed by atoms with Gasteiger partial charge in [-0.25, -0.2) is 9.97 Å². The summed E-state index contributed by atoms with van der Waals surface area (Å²) in [5, 5.41) is 10.2. The minimum Gasteiger partial charge on any atom is -0.348 e. The van der Waals surface area contributed by atoms with Crippen molar-refractivity contribution in [2.45, 2.75) is 58.7 Å². The maximum atomic E-state index is 13.8. The Morgan fingerprint density at radius 3 is 1.45 bits per heavy atom. The van der Waals surface area contributed by atoms with E-state index in [1.165, 1.54) is 0 Å². The van der Waals surface area contributed by atoms with Crippen molar-refractivity contribution in [1.82, 2.24) is 20.6 Å². The highest BCUT2D eigenvalue weighted by molar-refractivity contribution is 6.09. The van der Waals surface area contributed by atoms with Gasteiger partial charge in [0.25, 0.3) is 11.8 Å². The molecule has 2 atom stereocenters. The number of carbonyl (C=O) groups excluding carboxylic acids is 2. The van der Waals surface area contributed by atoms with E-state index in [-0.39, 0.29) is 23.9 Å². The highest BCUT2D eigenvalue weighted by Gasteiger charge is 2.29. The van der Waals surface area contributed by atoms with Gasteiger partial charge >= 0.3 is 0 Å². The van der Waals surface area contributed by atoms with Crippen LogP contribution in [0.4, 0.5) is 0 Å². The fourth-order valence-corrected chi connectivity index (χ4v) is 6.14. The molecule has 0 aliphatic heterocycles. The fraction of sp³-hybridized carbons (Fsp3) is 0.243. The van der Waals surface area contributed by atoms with Gasteiger partial charge in [0, 0.05) is 39.7 Å². The Labute approximate surface area is 256 Å². The van der Waals surface area contributed by atoms with E-state index in [1.807, 2.05) is 100 Å². The van der Waals surface area contributed by atoms with Crippen molar-refractivity contribution in [1.29, 1.82) is 0 Å². The first-order valence-electron chi connectivity index (χ1n) is 15.2. The molecule has 6 aromatic rings. The third kappa shape index (κ3) is 5.58. The molecule has 2 amide bonds. The Kier molecular flexibility index (Phi) is 7.97. The maximum Gasteiger partial charge on any atom is 0.253 e. The van der Waals surface area contributed by atoms with Crippen molar-refractivity contribution >= 4 is 55.4 Å². The molecule has 0 radical (unpaired) electrons. The van der Waals surface area contributed by atoms with Crippen LogP contribution in [0.5, 0.6) is 0 Å². The number of fused-ring (bicyclic) bond motifs is 4. The summed E-state index contributed by atoms with van der Waals surface area (Å²) in [5.74, 6) is -0.462. The Balaban J connectivity index is 1.26. The topological polar surface area (TPSA) is 110 Å². The number of carbonyl (C=O) groups is 2. The predicted octanol–water partition coefficient (Wildman–Crippen LogP) is 6.75. The number of amides is 2. The average Bonchev–Trinajstić information content (AvgIpc) is 3.02. The molecule has 2 heterocycles. The number of nitrogens with two attached hydrogens (primary N) is 1. The number of nitrogens with one attached hydrogen (secondary N) is 2. The van der Waals surface area contributed by atoms with Crippen molar-refractivity contribution in [3.05, 3.63) is 107 Å². The molecule has 7 nitrogen and oxygen atoms in total. The lowest BCUT2D eigenvalue weighted by Gasteiger charge is -2.31. The SMILES string of the molecule is CCC(NC(=O)c1cc(C)cc2cc3ccccc3nc12)C(N)C(CC)NC(=O)c1cc(C)cc2cc3ccccc3nc12. The molecule has 2 unspecified atom stereocenters. The minimum atomic E-state index is -0.521. The van der Waals surface area contributed by atoms with E-state index >= 15 is 0 Å². The van der Waals surface area contributed by atoms with Crippen molar-refractivity contribution in [2.75, 3.05) is 0 Å². The standard InChI is InChI=1S/C37H37N5O2/c1-5-29(41-36(43)27-17-21(3)15-25-19-23-11-7-9-13-31(23)39-34(25)27)33(38)30(6-2)42-37(44)28-18-22(4)16-26-20-24-12-8-10-14-32(24)40-35(26)28/h7-20,29-30,33H,5-6,38H2,1-4H3,(H,41,43)(H,42,44). The molecule has 0 spiro atoms. The average molecular weight is 584 g/mol. The molecule has 0 saturated heterocycles. The Hall–Kier alpha value is -4.88. The molecular formula is C37H37N5O2. The van der Waals surface area contributed by atoms with Gasteiger partial charge in [-0.05, 0) is 86.3 Å². The Morgan fingerprint density at radius 1 is 0.636 bits per heavy atom. The van der Waals surface area contributed by atoms with E-state index < -0.39 is 6.04 Å². The highest BCUT2D eigenvalue weighted by Crippen LogP contribution is 2.26. The van der Waals surface area contributed by atoms with Gasteiger partial charge < -0.3 is 16.4 Å². The third-order valence-corrected chi connectivity index (χ3v) is 8.46. The summed E-state index contributed by atoms with van der Waals surface area (Å²) in [6, 6.07) is 26.5. The van der Waals surface area contributed by atoms with Crippen LogP contribution in [0.3, 0.4) is 0 Å². The van der Waals surface area contributed by atoms with E-state index in [4.69, 9.17) is 15.7 Å². The smallest absolute Gasteiger partial charge is 0.253 e. The van der Waals surface area contributed by atoms with E-state index in [1.54, 1.807) is 0 Å². The second-order valence-electron chi connectivity index (χ2n) is 11.7. The van der Waals surface area contributed by atoms with Crippen LogP contribution < -0.4 is 16.4 Å². The quantitative estimate of drug-likeness (QED) is 0.172. The first-order chi connectivity index (χ1) is 21.2. The summed E-state index contributed by atoms with van der Waals surface area (Å²) >= 11 is 0. The number of nitrogens with zero attached hydrogens (tertiary/aromatic N) is 2. The molecule has 0 saturated carbocycles. The number of hydrogen-bond donors (Lipinski definition) is 3. The van der Waals surface area contributed by atoms with Gasteiger partial charge in [0.2, 0.25) is 0 Å². The van der Waals surface area contributed by atoms with Crippen LogP contribution in [0.15, 0.2) is 84.9 Å². The molecule has 4 aromatic carbocycles. The molecule has 0 fully saturated rings. The molecule has 2 aromatic heterocycles. The minimum absolute atomic E-state index is 0.231. The molecule has 6 rings (SSSR count). The summed E-state index contributed by atoms with van der Waals surface area (Å²) in [6.07, 6.45) is 1.20. The van der Waals surface area contributed by atoms with Gasteiger partial charge in [0.1, 0.15) is 0 Å². The summed E-state index contributed by atoms with van der Waals surface area (Å²) in [6.45, 7) is 7.93. The molecule has 0 bridgehead atoms. The highest BCUT2D eigenvalue weighted by atomic mass is 16.2. The van der Waals surface area contributed by atoms with Crippen LogP contribution in [0.1, 0.15) is 58.5 Å². The van der Waals surface area contributed by atoms with Gasteiger partial charge in [-0.2, -0.15) is 0 Å². The maximum absolute atomic E-state index is 13.8. The lowest BCUT2D eigenvalue weighted by atomic mass is 9.95.